The van der Waals surface area contributed by atoms with Crippen molar-refractivity contribution in [1.29, 1.82) is 0 Å². The first-order chi connectivity index (χ1) is 11.7. The Hall–Kier alpha value is -2.18. The average molecular weight is 328 g/mol. The van der Waals surface area contributed by atoms with Crippen LogP contribution >= 0.6 is 0 Å². The topological polar surface area (TPSA) is 75.9 Å². The van der Waals surface area contributed by atoms with E-state index in [0.717, 1.165) is 55.6 Å². The van der Waals surface area contributed by atoms with Crippen LogP contribution in [-0.4, -0.2) is 44.8 Å². The van der Waals surface area contributed by atoms with E-state index in [1.165, 1.54) is 6.42 Å². The van der Waals surface area contributed by atoms with Crippen molar-refractivity contribution < 1.29 is 4.79 Å². The molecule has 1 aliphatic carbocycles. The predicted molar refractivity (Wildman–Crippen MR) is 91.6 cm³/mol. The van der Waals surface area contributed by atoms with E-state index in [9.17, 15) is 4.79 Å². The minimum absolute atomic E-state index is 0.231. The molecule has 1 amide bonds. The van der Waals surface area contributed by atoms with Gasteiger partial charge in [-0.2, -0.15) is 5.10 Å². The molecule has 1 aliphatic heterocycles. The second-order valence-corrected chi connectivity index (χ2v) is 7.03. The summed E-state index contributed by atoms with van der Waals surface area (Å²) in [6.07, 6.45) is 9.73. The van der Waals surface area contributed by atoms with Crippen molar-refractivity contribution in [3.05, 3.63) is 12.5 Å². The standard InChI is InChI=1S/C17H24N6O/c1-22-16-14(10-20-22)17(19-11-18-16)23-7-5-12(6-8-23)9-15(24)21-13-3-2-4-13/h10-13H,2-9H2,1H3,(H,21,24). The van der Waals surface area contributed by atoms with E-state index >= 15 is 0 Å². The van der Waals surface area contributed by atoms with Gasteiger partial charge in [0.25, 0.3) is 0 Å². The number of fused-ring (bicyclic) bond motifs is 1. The zero-order valence-corrected chi connectivity index (χ0v) is 14.1. The van der Waals surface area contributed by atoms with Gasteiger partial charge >= 0.3 is 0 Å². The van der Waals surface area contributed by atoms with Crippen LogP contribution in [0.3, 0.4) is 0 Å². The lowest BCUT2D eigenvalue weighted by Crippen LogP contribution is -2.41. The molecular formula is C17H24N6O. The summed E-state index contributed by atoms with van der Waals surface area (Å²) in [5.41, 5.74) is 0.863. The van der Waals surface area contributed by atoms with Crippen LogP contribution in [0.2, 0.25) is 0 Å². The smallest absolute Gasteiger partial charge is 0.220 e. The number of aryl methyl sites for hydroxylation is 1. The maximum absolute atomic E-state index is 12.1. The largest absolute Gasteiger partial charge is 0.356 e. The molecule has 2 aromatic heterocycles. The Kier molecular flexibility index (Phi) is 4.08. The summed E-state index contributed by atoms with van der Waals surface area (Å²) in [6, 6.07) is 0.442. The zero-order valence-electron chi connectivity index (χ0n) is 14.1. The highest BCUT2D eigenvalue weighted by molar-refractivity contribution is 5.86. The second-order valence-electron chi connectivity index (χ2n) is 7.03. The molecule has 0 radical (unpaired) electrons. The fourth-order valence-corrected chi connectivity index (χ4v) is 3.65. The molecule has 1 saturated carbocycles. The van der Waals surface area contributed by atoms with E-state index in [2.05, 4.69) is 25.3 Å². The molecule has 0 unspecified atom stereocenters. The number of rotatable bonds is 4. The van der Waals surface area contributed by atoms with Gasteiger partial charge in [-0.3, -0.25) is 9.48 Å². The summed E-state index contributed by atoms with van der Waals surface area (Å²) in [4.78, 5) is 23.2. The number of aromatic nitrogens is 4. The number of nitrogens with zero attached hydrogens (tertiary/aromatic N) is 5. The van der Waals surface area contributed by atoms with Crippen LogP contribution < -0.4 is 10.2 Å². The van der Waals surface area contributed by atoms with Crippen molar-refractivity contribution in [2.75, 3.05) is 18.0 Å². The maximum Gasteiger partial charge on any atom is 0.220 e. The summed E-state index contributed by atoms with van der Waals surface area (Å²) >= 11 is 0. The number of hydrogen-bond donors (Lipinski definition) is 1. The van der Waals surface area contributed by atoms with Crippen LogP contribution in [-0.2, 0) is 11.8 Å². The van der Waals surface area contributed by atoms with Gasteiger partial charge in [0.2, 0.25) is 5.91 Å². The van der Waals surface area contributed by atoms with Crippen LogP contribution in [0.5, 0.6) is 0 Å². The van der Waals surface area contributed by atoms with Crippen LogP contribution in [0, 0.1) is 5.92 Å². The Labute approximate surface area is 141 Å². The molecule has 2 aliphatic rings. The third kappa shape index (κ3) is 2.95. The van der Waals surface area contributed by atoms with E-state index in [1.54, 1.807) is 11.0 Å². The first-order valence-electron chi connectivity index (χ1n) is 8.87. The third-order valence-electron chi connectivity index (χ3n) is 5.37. The lowest BCUT2D eigenvalue weighted by Gasteiger charge is -2.33. The predicted octanol–water partition coefficient (Wildman–Crippen LogP) is 1.64. The lowest BCUT2D eigenvalue weighted by molar-refractivity contribution is -0.123. The lowest BCUT2D eigenvalue weighted by atomic mass is 9.90. The molecule has 128 valence electrons. The molecule has 2 aromatic rings. The Balaban J connectivity index is 1.36. The number of carbonyl (C=O) groups excluding carboxylic acids is 1. The van der Waals surface area contributed by atoms with E-state index in [-0.39, 0.29) is 5.91 Å². The summed E-state index contributed by atoms with van der Waals surface area (Å²) < 4.78 is 1.78. The van der Waals surface area contributed by atoms with Crippen LogP contribution in [0.4, 0.5) is 5.82 Å². The monoisotopic (exact) mass is 328 g/mol. The molecule has 4 rings (SSSR count). The van der Waals surface area contributed by atoms with Crippen LogP contribution in [0.1, 0.15) is 38.5 Å². The highest BCUT2D eigenvalue weighted by Crippen LogP contribution is 2.28. The van der Waals surface area contributed by atoms with Gasteiger partial charge in [-0.25, -0.2) is 9.97 Å². The van der Waals surface area contributed by atoms with Gasteiger partial charge in [0.15, 0.2) is 5.65 Å². The van der Waals surface area contributed by atoms with Crippen molar-refractivity contribution in [1.82, 2.24) is 25.1 Å². The Morgan fingerprint density at radius 3 is 2.75 bits per heavy atom. The summed E-state index contributed by atoms with van der Waals surface area (Å²) in [7, 11) is 1.89. The highest BCUT2D eigenvalue weighted by atomic mass is 16.1. The average Bonchev–Trinajstić information content (AvgIpc) is 2.93. The fraction of sp³-hybridized carbons (Fsp3) is 0.647. The zero-order chi connectivity index (χ0) is 16.5. The molecule has 1 saturated heterocycles. The van der Waals surface area contributed by atoms with Crippen molar-refractivity contribution >= 4 is 22.8 Å². The minimum atomic E-state index is 0.231. The summed E-state index contributed by atoms with van der Waals surface area (Å²) in [5, 5.41) is 8.43. The molecule has 24 heavy (non-hydrogen) atoms. The SMILES string of the molecule is Cn1ncc2c(N3CCC(CC(=O)NC4CCC4)CC3)ncnc21. The maximum atomic E-state index is 12.1. The molecule has 7 heteroatoms. The first kappa shape index (κ1) is 15.4. The quantitative estimate of drug-likeness (QED) is 0.923. The van der Waals surface area contributed by atoms with Crippen LogP contribution in [0.25, 0.3) is 11.0 Å². The second kappa shape index (κ2) is 6.37. The summed E-state index contributed by atoms with van der Waals surface area (Å²) in [5.74, 6) is 1.67. The van der Waals surface area contributed by atoms with Gasteiger partial charge in [-0.1, -0.05) is 0 Å². The number of anilines is 1. The third-order valence-corrected chi connectivity index (χ3v) is 5.37. The molecule has 0 aromatic carbocycles. The molecule has 0 bridgehead atoms. The molecule has 2 fully saturated rings. The van der Waals surface area contributed by atoms with Gasteiger partial charge in [0.05, 0.1) is 11.6 Å². The van der Waals surface area contributed by atoms with E-state index < -0.39 is 0 Å². The number of hydrogen-bond acceptors (Lipinski definition) is 5. The normalized spacial score (nSPS) is 19.5. The Bertz CT molecular complexity index is 730. The molecule has 1 N–H and O–H groups in total. The van der Waals surface area contributed by atoms with Crippen molar-refractivity contribution in [3.63, 3.8) is 0 Å². The van der Waals surface area contributed by atoms with Crippen molar-refractivity contribution in [3.8, 4) is 0 Å². The van der Waals surface area contributed by atoms with Gasteiger partial charge in [-0.05, 0) is 38.0 Å². The van der Waals surface area contributed by atoms with Crippen molar-refractivity contribution in [2.24, 2.45) is 13.0 Å². The first-order valence-corrected chi connectivity index (χ1v) is 8.87. The van der Waals surface area contributed by atoms with Gasteiger partial charge in [-0.15, -0.1) is 0 Å². The Morgan fingerprint density at radius 2 is 2.04 bits per heavy atom. The van der Waals surface area contributed by atoms with Gasteiger partial charge in [0, 0.05) is 32.6 Å². The van der Waals surface area contributed by atoms with E-state index in [0.29, 0.717) is 18.4 Å². The summed E-state index contributed by atoms with van der Waals surface area (Å²) in [6.45, 7) is 1.87. The fourth-order valence-electron chi connectivity index (χ4n) is 3.65. The molecule has 0 atom stereocenters. The van der Waals surface area contributed by atoms with E-state index in [4.69, 9.17) is 0 Å². The number of amides is 1. The van der Waals surface area contributed by atoms with Gasteiger partial charge < -0.3 is 10.2 Å². The van der Waals surface area contributed by atoms with Crippen LogP contribution in [0.15, 0.2) is 12.5 Å². The molecular weight excluding hydrogens is 304 g/mol. The number of piperidine rings is 1. The number of carbonyl (C=O) groups is 1. The van der Waals surface area contributed by atoms with Gasteiger partial charge in [0.1, 0.15) is 12.1 Å². The minimum Gasteiger partial charge on any atom is -0.356 e. The van der Waals surface area contributed by atoms with Crippen molar-refractivity contribution in [2.45, 2.75) is 44.6 Å². The molecule has 3 heterocycles. The Morgan fingerprint density at radius 1 is 1.25 bits per heavy atom. The molecule has 0 spiro atoms. The van der Waals surface area contributed by atoms with E-state index in [1.807, 2.05) is 13.2 Å². The molecule has 7 nitrogen and oxygen atoms in total. The highest BCUT2D eigenvalue weighted by Gasteiger charge is 2.26. The number of nitrogens with one attached hydrogen (secondary N) is 1.